The summed E-state index contributed by atoms with van der Waals surface area (Å²) in [5.74, 6) is 0. The second-order valence-electron chi connectivity index (χ2n) is 4.59. The van der Waals surface area contributed by atoms with Gasteiger partial charge in [0.15, 0.2) is 4.77 Å². The molecule has 0 aliphatic heterocycles. The second-order valence-corrected chi connectivity index (χ2v) is 6.72. The van der Waals surface area contributed by atoms with E-state index in [1.54, 1.807) is 24.6 Å². The van der Waals surface area contributed by atoms with Crippen LogP contribution in [-0.4, -0.2) is 34.9 Å². The van der Waals surface area contributed by atoms with Gasteiger partial charge in [-0.3, -0.25) is 0 Å². The van der Waals surface area contributed by atoms with E-state index < -0.39 is 15.6 Å². The van der Waals surface area contributed by atoms with Crippen LogP contribution in [0.1, 0.15) is 19.5 Å². The highest BCUT2D eigenvalue weighted by Crippen LogP contribution is 2.11. The zero-order chi connectivity index (χ0) is 13.3. The first kappa shape index (κ1) is 14.4. The second kappa shape index (κ2) is 4.89. The van der Waals surface area contributed by atoms with Crippen molar-refractivity contribution in [2.24, 2.45) is 0 Å². The fourth-order valence-corrected chi connectivity index (χ4v) is 2.97. The van der Waals surface area contributed by atoms with Crippen LogP contribution in [0.3, 0.4) is 0 Å². The largest absolute Gasteiger partial charge is 0.390 e. The third-order valence-corrected chi connectivity index (χ3v) is 3.39. The number of aromatic amines is 1. The van der Waals surface area contributed by atoms with E-state index in [4.69, 9.17) is 17.3 Å². The van der Waals surface area contributed by atoms with Crippen LogP contribution in [0.2, 0.25) is 0 Å². The third-order valence-electron chi connectivity index (χ3n) is 2.13. The third kappa shape index (κ3) is 4.23. The van der Waals surface area contributed by atoms with Crippen molar-refractivity contribution in [1.82, 2.24) is 14.3 Å². The molecule has 1 aromatic rings. The molecule has 98 valence electrons. The molecule has 0 aliphatic carbocycles. The van der Waals surface area contributed by atoms with Crippen LogP contribution in [0.5, 0.6) is 0 Å². The van der Waals surface area contributed by atoms with Crippen molar-refractivity contribution in [3.8, 4) is 0 Å². The molecule has 3 N–H and O–H groups in total. The number of H-pyrrole nitrogens is 1. The number of sulfonamides is 1. The summed E-state index contributed by atoms with van der Waals surface area (Å²) in [7, 11) is -3.29. The van der Waals surface area contributed by atoms with E-state index in [0.29, 0.717) is 17.0 Å². The van der Waals surface area contributed by atoms with E-state index in [0.717, 1.165) is 6.26 Å². The summed E-state index contributed by atoms with van der Waals surface area (Å²) in [6, 6.07) is 0. The number of nitrogens with one attached hydrogen (secondary N) is 2. The van der Waals surface area contributed by atoms with Crippen molar-refractivity contribution in [2.75, 3.05) is 6.26 Å². The quantitative estimate of drug-likeness (QED) is 0.679. The van der Waals surface area contributed by atoms with Gasteiger partial charge in [-0.2, -0.15) is 0 Å². The number of hydrogen-bond acceptors (Lipinski definition) is 4. The van der Waals surface area contributed by atoms with Gasteiger partial charge in [0.1, 0.15) is 0 Å². The first-order chi connectivity index (χ1) is 7.64. The zero-order valence-electron chi connectivity index (χ0n) is 10.0. The molecule has 0 atom stereocenters. The van der Waals surface area contributed by atoms with Gasteiger partial charge in [0.05, 0.1) is 18.6 Å². The van der Waals surface area contributed by atoms with Crippen molar-refractivity contribution in [3.63, 3.8) is 0 Å². The van der Waals surface area contributed by atoms with Crippen molar-refractivity contribution in [3.05, 3.63) is 16.7 Å². The molecule has 0 spiro atoms. The highest BCUT2D eigenvalue weighted by atomic mass is 32.2. The highest BCUT2D eigenvalue weighted by Gasteiger charge is 2.23. The molecule has 8 heteroatoms. The maximum atomic E-state index is 11.2. The topological polar surface area (TPSA) is 87.1 Å². The Bertz CT molecular complexity index is 542. The number of nitrogens with zero attached hydrogens (tertiary/aromatic N) is 1. The Labute approximate surface area is 106 Å². The van der Waals surface area contributed by atoms with E-state index in [2.05, 4.69) is 9.71 Å². The van der Waals surface area contributed by atoms with Gasteiger partial charge in [0.2, 0.25) is 10.0 Å². The lowest BCUT2D eigenvalue weighted by Crippen LogP contribution is -2.46. The average Bonchev–Trinajstić information content (AvgIpc) is 2.43. The van der Waals surface area contributed by atoms with Crippen molar-refractivity contribution in [1.29, 1.82) is 0 Å². The van der Waals surface area contributed by atoms with Gasteiger partial charge >= 0.3 is 0 Å². The smallest absolute Gasteiger partial charge is 0.209 e. The van der Waals surface area contributed by atoms with E-state index in [9.17, 15) is 8.42 Å². The lowest BCUT2D eigenvalue weighted by atomic mass is 10.1. The Hall–Kier alpha value is -0.700. The maximum Gasteiger partial charge on any atom is 0.209 e. The Balaban J connectivity index is 2.97. The van der Waals surface area contributed by atoms with Crippen LogP contribution in [0.15, 0.2) is 6.20 Å². The summed E-state index contributed by atoms with van der Waals surface area (Å²) in [6.45, 7) is 3.70. The Morgan fingerprint density at radius 2 is 2.18 bits per heavy atom. The molecule has 0 saturated carbocycles. The number of imidazole rings is 1. The minimum atomic E-state index is -3.29. The molecule has 6 nitrogen and oxygen atoms in total. The van der Waals surface area contributed by atoms with E-state index in [-0.39, 0.29) is 6.61 Å². The van der Waals surface area contributed by atoms with E-state index >= 15 is 0 Å². The van der Waals surface area contributed by atoms with Crippen molar-refractivity contribution < 1.29 is 13.5 Å². The molecular formula is C9H17N3O3S2. The number of aliphatic hydroxyl groups excluding tert-OH is 1. The number of rotatable bonds is 5. The van der Waals surface area contributed by atoms with Crippen LogP contribution in [0.25, 0.3) is 0 Å². The average molecular weight is 279 g/mol. The molecule has 1 aromatic heterocycles. The molecule has 0 saturated heterocycles. The van der Waals surface area contributed by atoms with Gasteiger partial charge in [-0.15, -0.1) is 0 Å². The molecule has 17 heavy (non-hydrogen) atoms. The Morgan fingerprint density at radius 1 is 1.59 bits per heavy atom. The number of hydrogen-bond donors (Lipinski definition) is 3. The first-order valence-corrected chi connectivity index (χ1v) is 7.31. The normalized spacial score (nSPS) is 12.9. The van der Waals surface area contributed by atoms with Crippen LogP contribution >= 0.6 is 12.2 Å². The van der Waals surface area contributed by atoms with Gasteiger partial charge in [-0.25, -0.2) is 13.1 Å². The maximum absolute atomic E-state index is 11.2. The summed E-state index contributed by atoms with van der Waals surface area (Å²) >= 11 is 5.07. The predicted molar refractivity (Wildman–Crippen MR) is 67.6 cm³/mol. The lowest BCUT2D eigenvalue weighted by molar-refractivity contribution is 0.264. The summed E-state index contributed by atoms with van der Waals surface area (Å²) in [5.41, 5.74) is -0.0591. The summed E-state index contributed by atoms with van der Waals surface area (Å²) in [6.07, 6.45) is 2.72. The monoisotopic (exact) mass is 279 g/mol. The predicted octanol–water partition coefficient (Wildman–Crippen LogP) is 0.366. The molecule has 0 amide bonds. The standard InChI is InChI=1S/C9H17N3O3S2/c1-9(2,11-17(3,14)15)6-12-7(5-13)4-10-8(12)16/h4,11,13H,5-6H2,1-3H3,(H,10,16). The van der Waals surface area contributed by atoms with Crippen LogP contribution in [-0.2, 0) is 23.2 Å². The summed E-state index contributed by atoms with van der Waals surface area (Å²) in [4.78, 5) is 2.81. The van der Waals surface area contributed by atoms with Gasteiger partial charge in [-0.05, 0) is 26.1 Å². The number of aliphatic hydroxyl groups is 1. The van der Waals surface area contributed by atoms with Gasteiger partial charge in [-0.1, -0.05) is 0 Å². The molecule has 0 aliphatic rings. The lowest BCUT2D eigenvalue weighted by Gasteiger charge is -2.26. The van der Waals surface area contributed by atoms with Crippen LogP contribution in [0, 0.1) is 4.77 Å². The van der Waals surface area contributed by atoms with Crippen LogP contribution < -0.4 is 4.72 Å². The minimum absolute atomic E-state index is 0.151. The van der Waals surface area contributed by atoms with Crippen LogP contribution in [0.4, 0.5) is 0 Å². The molecule has 0 unspecified atom stereocenters. The summed E-state index contributed by atoms with van der Waals surface area (Å²) < 4.78 is 27.1. The van der Waals surface area contributed by atoms with Crippen molar-refractivity contribution in [2.45, 2.75) is 32.5 Å². The molecule has 0 radical (unpaired) electrons. The summed E-state index contributed by atoms with van der Waals surface area (Å²) in [5, 5.41) is 9.14. The molecule has 0 bridgehead atoms. The molecular weight excluding hydrogens is 262 g/mol. The molecule has 1 heterocycles. The number of aromatic nitrogens is 2. The Kier molecular flexibility index (Phi) is 4.13. The van der Waals surface area contributed by atoms with E-state index in [1.165, 1.54) is 0 Å². The van der Waals surface area contributed by atoms with Crippen molar-refractivity contribution >= 4 is 22.2 Å². The Morgan fingerprint density at radius 3 is 2.65 bits per heavy atom. The first-order valence-electron chi connectivity index (χ1n) is 5.01. The fraction of sp³-hybridized carbons (Fsp3) is 0.667. The fourth-order valence-electron chi connectivity index (χ4n) is 1.67. The van der Waals surface area contributed by atoms with E-state index in [1.807, 2.05) is 0 Å². The zero-order valence-corrected chi connectivity index (χ0v) is 11.7. The molecule has 1 rings (SSSR count). The highest BCUT2D eigenvalue weighted by molar-refractivity contribution is 7.88. The van der Waals surface area contributed by atoms with Gasteiger partial charge in [0, 0.05) is 18.3 Å². The molecule has 0 aromatic carbocycles. The van der Waals surface area contributed by atoms with Gasteiger partial charge < -0.3 is 14.7 Å². The minimum Gasteiger partial charge on any atom is -0.390 e. The van der Waals surface area contributed by atoms with Gasteiger partial charge in [0.25, 0.3) is 0 Å². The molecule has 0 fully saturated rings. The SMILES string of the molecule is CC(C)(Cn1c(CO)c[nH]c1=S)NS(C)(=O)=O.